The fourth-order valence-corrected chi connectivity index (χ4v) is 4.94. The van der Waals surface area contributed by atoms with E-state index < -0.39 is 23.4 Å². The van der Waals surface area contributed by atoms with Gasteiger partial charge in [0.2, 0.25) is 17.7 Å². The summed E-state index contributed by atoms with van der Waals surface area (Å²) in [6.07, 6.45) is 1.33. The van der Waals surface area contributed by atoms with Gasteiger partial charge in [-0.25, -0.2) is 0 Å². The highest BCUT2D eigenvalue weighted by atomic mass is 16.5. The molecule has 35 heavy (non-hydrogen) atoms. The number of H-pyrrole nitrogens is 1. The molecule has 0 bridgehead atoms. The quantitative estimate of drug-likeness (QED) is 0.398. The number of amides is 3. The molecule has 0 aliphatic heterocycles. The van der Waals surface area contributed by atoms with Crippen molar-refractivity contribution < 1.29 is 19.1 Å². The number of methoxy groups -OCH3 is 1. The Balaban J connectivity index is 1.67. The van der Waals surface area contributed by atoms with Gasteiger partial charge in [-0.3, -0.25) is 14.4 Å². The van der Waals surface area contributed by atoms with E-state index >= 15 is 0 Å². The van der Waals surface area contributed by atoms with Gasteiger partial charge >= 0.3 is 0 Å². The number of carbonyl (C=O) groups is 3. The molecule has 3 aromatic rings. The van der Waals surface area contributed by atoms with Gasteiger partial charge in [0.1, 0.15) is 17.3 Å². The average Bonchev–Trinajstić information content (AvgIpc) is 3.20. The van der Waals surface area contributed by atoms with E-state index in [1.165, 1.54) is 0 Å². The summed E-state index contributed by atoms with van der Waals surface area (Å²) in [6.45, 7) is 3.64. The van der Waals surface area contributed by atoms with Crippen LogP contribution in [0, 0.1) is 5.92 Å². The van der Waals surface area contributed by atoms with Crippen molar-refractivity contribution >= 4 is 28.6 Å². The topological polar surface area (TPSA) is 126 Å². The largest absolute Gasteiger partial charge is 0.496 e. The monoisotopic (exact) mass is 476 g/mol. The number of aryl methyl sites for hydroxylation is 1. The second-order valence-electron chi connectivity index (χ2n) is 9.52. The first-order chi connectivity index (χ1) is 16.7. The Hall–Kier alpha value is -3.81. The zero-order valence-corrected chi connectivity index (χ0v) is 20.3. The minimum Gasteiger partial charge on any atom is -0.496 e. The van der Waals surface area contributed by atoms with Crippen LogP contribution in [0.1, 0.15) is 37.1 Å². The van der Waals surface area contributed by atoms with Crippen LogP contribution < -0.4 is 21.1 Å². The Labute approximate surface area is 204 Å². The van der Waals surface area contributed by atoms with Gasteiger partial charge in [0.25, 0.3) is 0 Å². The van der Waals surface area contributed by atoms with Gasteiger partial charge in [0, 0.05) is 28.6 Å². The first kappa shape index (κ1) is 24.3. The van der Waals surface area contributed by atoms with Crippen LogP contribution in [0.5, 0.6) is 5.75 Å². The number of para-hydroxylation sites is 2. The summed E-state index contributed by atoms with van der Waals surface area (Å²) < 4.78 is 5.38. The summed E-state index contributed by atoms with van der Waals surface area (Å²) in [5, 5.41) is 6.89. The van der Waals surface area contributed by atoms with E-state index in [9.17, 15) is 14.4 Å². The van der Waals surface area contributed by atoms with Crippen molar-refractivity contribution in [3.05, 3.63) is 65.4 Å². The highest BCUT2D eigenvalue weighted by Gasteiger charge is 2.45. The molecular weight excluding hydrogens is 444 g/mol. The minimum atomic E-state index is -1.22. The van der Waals surface area contributed by atoms with Crippen molar-refractivity contribution in [1.82, 2.24) is 15.6 Å². The van der Waals surface area contributed by atoms with Gasteiger partial charge in [-0.15, -0.1) is 0 Å². The number of nitrogens with one attached hydrogen (secondary N) is 3. The summed E-state index contributed by atoms with van der Waals surface area (Å²) >= 11 is 0. The van der Waals surface area contributed by atoms with Gasteiger partial charge in [-0.05, 0) is 36.5 Å². The van der Waals surface area contributed by atoms with Crippen LogP contribution in [0.2, 0.25) is 0 Å². The molecule has 2 atom stereocenters. The van der Waals surface area contributed by atoms with Gasteiger partial charge in [0.05, 0.1) is 13.5 Å². The molecule has 0 spiro atoms. The van der Waals surface area contributed by atoms with Gasteiger partial charge in [-0.1, -0.05) is 50.2 Å². The molecule has 8 heteroatoms. The van der Waals surface area contributed by atoms with Crippen LogP contribution in [0.15, 0.2) is 48.5 Å². The third-order valence-electron chi connectivity index (χ3n) is 6.80. The third kappa shape index (κ3) is 4.87. The minimum absolute atomic E-state index is 0.0587. The second kappa shape index (κ2) is 9.82. The number of aromatic amines is 1. The SMILES string of the molecule is COc1ccccc1CC(=O)N[C@]1(C(=O)N[C@H](C(N)=O)C(C)C)CCc2[nH]c3ccccc3c2C1. The Morgan fingerprint density at radius 2 is 1.83 bits per heavy atom. The highest BCUT2D eigenvalue weighted by molar-refractivity contribution is 5.97. The summed E-state index contributed by atoms with van der Waals surface area (Å²) in [5.74, 6) is -0.887. The fourth-order valence-electron chi connectivity index (χ4n) is 4.94. The lowest BCUT2D eigenvalue weighted by Gasteiger charge is -2.38. The number of hydrogen-bond donors (Lipinski definition) is 4. The summed E-state index contributed by atoms with van der Waals surface area (Å²) in [5.41, 5.74) is 8.12. The zero-order chi connectivity index (χ0) is 25.2. The molecule has 0 fully saturated rings. The number of ether oxygens (including phenoxy) is 1. The average molecular weight is 477 g/mol. The molecule has 5 N–H and O–H groups in total. The summed E-state index contributed by atoms with van der Waals surface area (Å²) in [4.78, 5) is 42.5. The first-order valence-electron chi connectivity index (χ1n) is 11.9. The van der Waals surface area contributed by atoms with Gasteiger partial charge < -0.3 is 26.1 Å². The maximum Gasteiger partial charge on any atom is 0.246 e. The standard InChI is InChI=1S/C27H32N4O4/c1-16(2)24(25(28)33)30-26(34)27(31-23(32)14-17-8-4-7-11-22(17)35-3)13-12-21-19(15-27)18-9-5-6-10-20(18)29-21/h4-11,16,24,29H,12-15H2,1-3H3,(H2,28,33)(H,30,34)(H,31,32)/t24-,27+/m0/s1. The van der Waals surface area contributed by atoms with Crippen LogP contribution in [0.3, 0.4) is 0 Å². The maximum atomic E-state index is 13.7. The van der Waals surface area contributed by atoms with Crippen molar-refractivity contribution in [1.29, 1.82) is 0 Å². The molecule has 8 nitrogen and oxygen atoms in total. The first-order valence-corrected chi connectivity index (χ1v) is 11.9. The van der Waals surface area contributed by atoms with Crippen LogP contribution in [0.4, 0.5) is 0 Å². The predicted octanol–water partition coefficient (Wildman–Crippen LogP) is 2.39. The molecule has 4 rings (SSSR count). The Morgan fingerprint density at radius 1 is 1.11 bits per heavy atom. The van der Waals surface area contributed by atoms with Crippen molar-refractivity contribution in [2.45, 2.75) is 51.1 Å². The van der Waals surface area contributed by atoms with E-state index in [1.54, 1.807) is 13.2 Å². The van der Waals surface area contributed by atoms with Crippen LogP contribution in [-0.2, 0) is 33.6 Å². The van der Waals surface area contributed by atoms with Crippen molar-refractivity contribution in [3.63, 3.8) is 0 Å². The lowest BCUT2D eigenvalue weighted by atomic mass is 9.78. The van der Waals surface area contributed by atoms with Crippen molar-refractivity contribution in [2.75, 3.05) is 7.11 Å². The molecule has 0 saturated carbocycles. The Bertz CT molecular complexity index is 1270. The predicted molar refractivity (Wildman–Crippen MR) is 134 cm³/mol. The number of aromatic nitrogens is 1. The molecule has 1 heterocycles. The Morgan fingerprint density at radius 3 is 2.54 bits per heavy atom. The van der Waals surface area contributed by atoms with E-state index in [-0.39, 0.29) is 18.2 Å². The number of rotatable bonds is 8. The molecule has 1 aliphatic carbocycles. The second-order valence-corrected chi connectivity index (χ2v) is 9.52. The number of primary amides is 1. The molecule has 0 radical (unpaired) electrons. The molecule has 2 aromatic carbocycles. The van der Waals surface area contributed by atoms with E-state index in [1.807, 2.05) is 56.3 Å². The number of benzene rings is 2. The van der Waals surface area contributed by atoms with Gasteiger partial charge in [-0.2, -0.15) is 0 Å². The van der Waals surface area contributed by atoms with Crippen molar-refractivity contribution in [2.24, 2.45) is 11.7 Å². The molecule has 1 aromatic heterocycles. The zero-order valence-electron chi connectivity index (χ0n) is 20.3. The third-order valence-corrected chi connectivity index (χ3v) is 6.80. The molecule has 0 unspecified atom stereocenters. The normalized spacial score (nSPS) is 18.1. The highest BCUT2D eigenvalue weighted by Crippen LogP contribution is 2.34. The molecular formula is C27H32N4O4. The van der Waals surface area contributed by atoms with E-state index in [0.717, 1.165) is 27.7 Å². The molecule has 184 valence electrons. The van der Waals surface area contributed by atoms with E-state index in [4.69, 9.17) is 10.5 Å². The number of carbonyl (C=O) groups excluding carboxylic acids is 3. The summed E-state index contributed by atoms with van der Waals surface area (Å²) in [6, 6.07) is 14.4. The van der Waals surface area contributed by atoms with Crippen LogP contribution in [0.25, 0.3) is 10.9 Å². The number of hydrogen-bond acceptors (Lipinski definition) is 4. The molecule has 3 amide bonds. The Kier molecular flexibility index (Phi) is 6.82. The fraction of sp³-hybridized carbons (Fsp3) is 0.370. The summed E-state index contributed by atoms with van der Waals surface area (Å²) in [7, 11) is 1.56. The van der Waals surface area contributed by atoms with E-state index in [0.29, 0.717) is 25.0 Å². The van der Waals surface area contributed by atoms with E-state index in [2.05, 4.69) is 15.6 Å². The molecule has 0 saturated heterocycles. The van der Waals surface area contributed by atoms with Crippen LogP contribution in [-0.4, -0.2) is 41.4 Å². The molecule has 1 aliphatic rings. The van der Waals surface area contributed by atoms with Crippen LogP contribution >= 0.6 is 0 Å². The van der Waals surface area contributed by atoms with Gasteiger partial charge in [0.15, 0.2) is 0 Å². The number of fused-ring (bicyclic) bond motifs is 3. The lowest BCUT2D eigenvalue weighted by Crippen LogP contribution is -2.64. The lowest BCUT2D eigenvalue weighted by molar-refractivity contribution is -0.136. The number of nitrogens with two attached hydrogens (primary N) is 1. The smallest absolute Gasteiger partial charge is 0.246 e. The maximum absolute atomic E-state index is 13.7. The van der Waals surface area contributed by atoms with Crippen molar-refractivity contribution in [3.8, 4) is 5.75 Å².